The number of ether oxygens (including phenoxy) is 1. The predicted octanol–water partition coefficient (Wildman–Crippen LogP) is 3.82. The maximum atomic E-state index is 10.7. The van der Waals surface area contributed by atoms with Crippen LogP contribution < -0.4 is 0 Å². The standard InChI is InChI=1S/C11H19ClO2/c1-7(2)9-5-4-8(3)6-10(9)14-11(12)13/h7-10H,4-6H2,1-3H3/t8-,9?,10-/m1/s1. The van der Waals surface area contributed by atoms with Crippen LogP contribution in [0.3, 0.4) is 0 Å². The van der Waals surface area contributed by atoms with Gasteiger partial charge in [-0.15, -0.1) is 0 Å². The Bertz CT molecular complexity index is 203. The third kappa shape index (κ3) is 3.16. The van der Waals surface area contributed by atoms with Crippen LogP contribution in [0.25, 0.3) is 0 Å². The third-order valence-electron chi connectivity index (χ3n) is 3.21. The first-order valence-electron chi connectivity index (χ1n) is 5.36. The fourth-order valence-corrected chi connectivity index (χ4v) is 2.48. The Morgan fingerprint density at radius 3 is 2.57 bits per heavy atom. The van der Waals surface area contributed by atoms with E-state index in [4.69, 9.17) is 16.3 Å². The first-order chi connectivity index (χ1) is 6.50. The van der Waals surface area contributed by atoms with Crippen molar-refractivity contribution in [3.05, 3.63) is 0 Å². The summed E-state index contributed by atoms with van der Waals surface area (Å²) < 4.78 is 5.16. The molecule has 0 saturated heterocycles. The molecule has 1 aliphatic rings. The minimum Gasteiger partial charge on any atom is -0.450 e. The molecule has 0 aromatic heterocycles. The molecule has 0 N–H and O–H groups in total. The molecule has 1 saturated carbocycles. The Kier molecular flexibility index (Phi) is 4.24. The van der Waals surface area contributed by atoms with Crippen LogP contribution in [0.15, 0.2) is 0 Å². The molecular formula is C11H19ClO2. The molecule has 0 aromatic rings. The molecule has 1 rings (SSSR count). The summed E-state index contributed by atoms with van der Waals surface area (Å²) in [5.41, 5.74) is -0.658. The number of hydrogen-bond donors (Lipinski definition) is 0. The van der Waals surface area contributed by atoms with E-state index < -0.39 is 5.43 Å². The lowest BCUT2D eigenvalue weighted by Crippen LogP contribution is -2.34. The number of carbonyl (C=O) groups excluding carboxylic acids is 1. The van der Waals surface area contributed by atoms with Gasteiger partial charge in [0.05, 0.1) is 0 Å². The lowest BCUT2D eigenvalue weighted by molar-refractivity contribution is 0.0179. The Morgan fingerprint density at radius 1 is 1.43 bits per heavy atom. The monoisotopic (exact) mass is 218 g/mol. The molecule has 0 heterocycles. The van der Waals surface area contributed by atoms with Crippen molar-refractivity contribution in [2.45, 2.75) is 46.1 Å². The summed E-state index contributed by atoms with van der Waals surface area (Å²) in [6.07, 6.45) is 3.37. The molecule has 1 fully saturated rings. The van der Waals surface area contributed by atoms with Gasteiger partial charge >= 0.3 is 5.43 Å². The molecule has 0 aromatic carbocycles. The maximum Gasteiger partial charge on any atom is 0.404 e. The first kappa shape index (κ1) is 11.8. The van der Waals surface area contributed by atoms with Crippen LogP contribution in [0.5, 0.6) is 0 Å². The van der Waals surface area contributed by atoms with E-state index in [9.17, 15) is 4.79 Å². The van der Waals surface area contributed by atoms with Gasteiger partial charge in [-0.3, -0.25) is 0 Å². The molecule has 0 spiro atoms. The molecule has 0 bridgehead atoms. The van der Waals surface area contributed by atoms with Gasteiger partial charge in [0.15, 0.2) is 0 Å². The van der Waals surface area contributed by atoms with Gasteiger partial charge in [0.1, 0.15) is 6.10 Å². The van der Waals surface area contributed by atoms with Crippen molar-refractivity contribution in [1.29, 1.82) is 0 Å². The van der Waals surface area contributed by atoms with Gasteiger partial charge in [-0.25, -0.2) is 4.79 Å². The molecule has 0 aliphatic heterocycles. The zero-order valence-corrected chi connectivity index (χ0v) is 9.88. The second-order valence-electron chi connectivity index (χ2n) is 4.72. The molecule has 2 nitrogen and oxygen atoms in total. The average Bonchev–Trinajstić information content (AvgIpc) is 2.01. The van der Waals surface area contributed by atoms with Crippen molar-refractivity contribution in [1.82, 2.24) is 0 Å². The average molecular weight is 219 g/mol. The highest BCUT2D eigenvalue weighted by atomic mass is 35.5. The fourth-order valence-electron chi connectivity index (χ4n) is 2.37. The predicted molar refractivity (Wildman–Crippen MR) is 57.5 cm³/mol. The molecule has 1 unspecified atom stereocenters. The van der Waals surface area contributed by atoms with E-state index in [1.54, 1.807) is 0 Å². The SMILES string of the molecule is CC(C)C1CC[C@@H](C)C[C@H]1OC(=O)Cl. The number of hydrogen-bond acceptors (Lipinski definition) is 2. The van der Waals surface area contributed by atoms with Gasteiger partial charge < -0.3 is 4.74 Å². The van der Waals surface area contributed by atoms with E-state index >= 15 is 0 Å². The quantitative estimate of drug-likeness (QED) is 0.659. The zero-order chi connectivity index (χ0) is 10.7. The molecule has 1 aliphatic carbocycles. The summed E-state index contributed by atoms with van der Waals surface area (Å²) >= 11 is 5.27. The first-order valence-corrected chi connectivity index (χ1v) is 5.74. The largest absolute Gasteiger partial charge is 0.450 e. The van der Waals surface area contributed by atoms with Gasteiger partial charge in [0.2, 0.25) is 0 Å². The van der Waals surface area contributed by atoms with E-state index in [0.717, 1.165) is 12.8 Å². The minimum absolute atomic E-state index is 0.0312. The normalized spacial score (nSPS) is 33.1. The lowest BCUT2D eigenvalue weighted by atomic mass is 9.75. The van der Waals surface area contributed by atoms with Crippen molar-refractivity contribution >= 4 is 17.0 Å². The van der Waals surface area contributed by atoms with Crippen LogP contribution in [-0.2, 0) is 4.74 Å². The van der Waals surface area contributed by atoms with Gasteiger partial charge in [0.25, 0.3) is 0 Å². The second kappa shape index (κ2) is 5.01. The Morgan fingerprint density at radius 2 is 2.07 bits per heavy atom. The molecule has 3 atom stereocenters. The molecule has 0 radical (unpaired) electrons. The molecular weight excluding hydrogens is 200 g/mol. The second-order valence-corrected chi connectivity index (χ2v) is 5.03. The fraction of sp³-hybridized carbons (Fsp3) is 0.909. The summed E-state index contributed by atoms with van der Waals surface area (Å²) in [4.78, 5) is 10.7. The lowest BCUT2D eigenvalue weighted by Gasteiger charge is -2.36. The smallest absolute Gasteiger partial charge is 0.404 e. The molecule has 0 amide bonds. The topological polar surface area (TPSA) is 26.3 Å². The van der Waals surface area contributed by atoms with Gasteiger partial charge in [0, 0.05) is 11.6 Å². The van der Waals surface area contributed by atoms with Crippen LogP contribution in [-0.4, -0.2) is 11.5 Å². The Hall–Kier alpha value is -0.240. The van der Waals surface area contributed by atoms with E-state index in [1.165, 1.54) is 6.42 Å². The summed E-state index contributed by atoms with van der Waals surface area (Å²) in [6, 6.07) is 0. The van der Waals surface area contributed by atoms with Crippen LogP contribution in [0.4, 0.5) is 4.79 Å². The Balaban J connectivity index is 2.58. The number of rotatable bonds is 2. The summed E-state index contributed by atoms with van der Waals surface area (Å²) in [6.45, 7) is 6.55. The van der Waals surface area contributed by atoms with Crippen molar-refractivity contribution < 1.29 is 9.53 Å². The summed E-state index contributed by atoms with van der Waals surface area (Å²) in [5.74, 6) is 1.68. The number of carbonyl (C=O) groups is 1. The van der Waals surface area contributed by atoms with Crippen molar-refractivity contribution in [3.63, 3.8) is 0 Å². The van der Waals surface area contributed by atoms with E-state index in [-0.39, 0.29) is 6.10 Å². The van der Waals surface area contributed by atoms with E-state index in [0.29, 0.717) is 17.8 Å². The zero-order valence-electron chi connectivity index (χ0n) is 9.13. The van der Waals surface area contributed by atoms with Gasteiger partial charge in [-0.1, -0.05) is 27.2 Å². The van der Waals surface area contributed by atoms with Crippen LogP contribution in [0.1, 0.15) is 40.0 Å². The van der Waals surface area contributed by atoms with Crippen LogP contribution >= 0.6 is 11.6 Å². The van der Waals surface area contributed by atoms with E-state index in [2.05, 4.69) is 20.8 Å². The molecule has 82 valence electrons. The van der Waals surface area contributed by atoms with Crippen molar-refractivity contribution in [2.75, 3.05) is 0 Å². The van der Waals surface area contributed by atoms with Crippen LogP contribution in [0.2, 0.25) is 0 Å². The Labute approximate surface area is 91.0 Å². The molecule has 14 heavy (non-hydrogen) atoms. The van der Waals surface area contributed by atoms with Crippen molar-refractivity contribution in [3.8, 4) is 0 Å². The summed E-state index contributed by atoms with van der Waals surface area (Å²) in [7, 11) is 0. The third-order valence-corrected chi connectivity index (χ3v) is 3.29. The minimum atomic E-state index is -0.658. The van der Waals surface area contributed by atoms with Gasteiger partial charge in [-0.2, -0.15) is 0 Å². The molecule has 3 heteroatoms. The number of halogens is 1. The summed E-state index contributed by atoms with van der Waals surface area (Å²) in [5, 5.41) is 0. The van der Waals surface area contributed by atoms with Crippen LogP contribution in [0, 0.1) is 17.8 Å². The highest BCUT2D eigenvalue weighted by Crippen LogP contribution is 2.35. The van der Waals surface area contributed by atoms with E-state index in [1.807, 2.05) is 0 Å². The highest BCUT2D eigenvalue weighted by Gasteiger charge is 2.32. The van der Waals surface area contributed by atoms with Gasteiger partial charge in [-0.05, 0) is 30.6 Å². The maximum absolute atomic E-state index is 10.7. The van der Waals surface area contributed by atoms with Crippen molar-refractivity contribution in [2.24, 2.45) is 17.8 Å². The highest BCUT2D eigenvalue weighted by molar-refractivity contribution is 6.61.